The van der Waals surface area contributed by atoms with Crippen LogP contribution in [0.4, 0.5) is 4.79 Å². The van der Waals surface area contributed by atoms with E-state index in [9.17, 15) is 9.90 Å². The summed E-state index contributed by atoms with van der Waals surface area (Å²) in [4.78, 5) is 11.8. The van der Waals surface area contributed by atoms with Gasteiger partial charge < -0.3 is 19.9 Å². The molecule has 0 aliphatic carbocycles. The summed E-state index contributed by atoms with van der Waals surface area (Å²) in [5.41, 5.74) is 1.45. The highest BCUT2D eigenvalue weighted by Gasteiger charge is 2.22. The third-order valence-electron chi connectivity index (χ3n) is 3.97. The molecule has 0 saturated heterocycles. The van der Waals surface area contributed by atoms with Gasteiger partial charge >= 0.3 is 6.09 Å². The van der Waals surface area contributed by atoms with E-state index in [1.807, 2.05) is 37.3 Å². The molecule has 0 aromatic heterocycles. The Morgan fingerprint density at radius 2 is 1.85 bits per heavy atom. The van der Waals surface area contributed by atoms with Crippen molar-refractivity contribution in [3.05, 3.63) is 48.0 Å². The van der Waals surface area contributed by atoms with E-state index >= 15 is 0 Å². The van der Waals surface area contributed by atoms with Gasteiger partial charge in [-0.1, -0.05) is 49.4 Å². The summed E-state index contributed by atoms with van der Waals surface area (Å²) in [6, 6.07) is 9.55. The lowest BCUT2D eigenvalue weighted by Crippen LogP contribution is -2.43. The highest BCUT2D eigenvalue weighted by molar-refractivity contribution is 5.68. The molecule has 1 rings (SSSR count). The van der Waals surface area contributed by atoms with Crippen LogP contribution >= 0.6 is 0 Å². The molecule has 26 heavy (non-hydrogen) atoms. The van der Waals surface area contributed by atoms with E-state index in [1.165, 1.54) is 0 Å². The number of alkyl carbamates (subject to hydrolysis) is 1. The van der Waals surface area contributed by atoms with Crippen molar-refractivity contribution in [2.75, 3.05) is 6.61 Å². The summed E-state index contributed by atoms with van der Waals surface area (Å²) < 4.78 is 10.9. The number of carbonyl (C=O) groups excluding carboxylic acids is 1. The predicted octanol–water partition coefficient (Wildman–Crippen LogP) is 4.06. The van der Waals surface area contributed by atoms with Gasteiger partial charge in [0, 0.05) is 5.92 Å². The first kappa shape index (κ1) is 22.2. The molecule has 0 bridgehead atoms. The topological polar surface area (TPSA) is 67.8 Å². The molecular weight excluding hydrogens is 330 g/mol. The van der Waals surface area contributed by atoms with Gasteiger partial charge in [0.15, 0.2) is 0 Å². The summed E-state index contributed by atoms with van der Waals surface area (Å²) in [5.74, 6) is 0.113. The van der Waals surface area contributed by atoms with Gasteiger partial charge in [-0.05, 0) is 39.7 Å². The van der Waals surface area contributed by atoms with Crippen LogP contribution in [-0.4, -0.2) is 35.6 Å². The Balaban J connectivity index is 2.34. The molecule has 0 aliphatic rings. The molecule has 0 fully saturated rings. The average molecular weight is 363 g/mol. The molecular formula is C21H33NO4. The quantitative estimate of drug-likeness (QED) is 0.649. The highest BCUT2D eigenvalue weighted by atomic mass is 16.6. The van der Waals surface area contributed by atoms with E-state index in [-0.39, 0.29) is 5.92 Å². The Labute approximate surface area is 157 Å². The molecule has 1 aromatic carbocycles. The maximum absolute atomic E-state index is 11.8. The fraction of sp³-hybridized carbons (Fsp3) is 0.571. The summed E-state index contributed by atoms with van der Waals surface area (Å²) in [6.45, 7) is 14.3. The van der Waals surface area contributed by atoms with E-state index in [2.05, 4.69) is 11.9 Å². The lowest BCUT2D eigenvalue weighted by Gasteiger charge is -2.25. The lowest BCUT2D eigenvalue weighted by atomic mass is 9.95. The van der Waals surface area contributed by atoms with E-state index in [0.717, 1.165) is 11.1 Å². The first-order chi connectivity index (χ1) is 12.1. The van der Waals surface area contributed by atoms with Crippen molar-refractivity contribution >= 4 is 6.09 Å². The molecule has 0 saturated carbocycles. The zero-order chi connectivity index (χ0) is 19.7. The monoisotopic (exact) mass is 363 g/mol. The Bertz CT molecular complexity index is 565. The van der Waals surface area contributed by atoms with E-state index in [0.29, 0.717) is 19.6 Å². The van der Waals surface area contributed by atoms with Crippen molar-refractivity contribution in [3.8, 4) is 0 Å². The Hall–Kier alpha value is -1.85. The molecule has 146 valence electrons. The van der Waals surface area contributed by atoms with Crippen LogP contribution in [0.15, 0.2) is 42.5 Å². The van der Waals surface area contributed by atoms with Crippen LogP contribution in [0.2, 0.25) is 0 Å². The van der Waals surface area contributed by atoms with Crippen LogP contribution < -0.4 is 5.32 Å². The van der Waals surface area contributed by atoms with E-state index in [1.54, 1.807) is 27.7 Å². The molecule has 5 heteroatoms. The van der Waals surface area contributed by atoms with Gasteiger partial charge in [0.2, 0.25) is 0 Å². The zero-order valence-electron chi connectivity index (χ0n) is 16.6. The van der Waals surface area contributed by atoms with Crippen molar-refractivity contribution in [2.45, 2.75) is 65.4 Å². The molecule has 1 aromatic rings. The number of aliphatic hydroxyl groups is 1. The fourth-order valence-electron chi connectivity index (χ4n) is 2.28. The third-order valence-corrected chi connectivity index (χ3v) is 3.97. The summed E-state index contributed by atoms with van der Waals surface area (Å²) in [7, 11) is 0. The maximum Gasteiger partial charge on any atom is 0.407 e. The number of carbonyl (C=O) groups is 1. The normalized spacial score (nSPS) is 15.0. The number of ether oxygens (including phenoxy) is 2. The number of hydrogen-bond acceptors (Lipinski definition) is 4. The molecule has 2 N–H and O–H groups in total. The van der Waals surface area contributed by atoms with Crippen LogP contribution in [0.25, 0.3) is 0 Å². The van der Waals surface area contributed by atoms with Crippen LogP contribution in [0.1, 0.15) is 46.6 Å². The summed E-state index contributed by atoms with van der Waals surface area (Å²) in [6.07, 6.45) is -0.868. The van der Waals surface area contributed by atoms with Crippen molar-refractivity contribution < 1.29 is 19.4 Å². The van der Waals surface area contributed by atoms with Crippen molar-refractivity contribution in [1.29, 1.82) is 0 Å². The van der Waals surface area contributed by atoms with Gasteiger partial charge in [0.05, 0.1) is 25.4 Å². The summed E-state index contributed by atoms with van der Waals surface area (Å²) in [5, 5.41) is 13.0. The van der Waals surface area contributed by atoms with Crippen molar-refractivity contribution in [3.63, 3.8) is 0 Å². The maximum atomic E-state index is 11.8. The highest BCUT2D eigenvalue weighted by Crippen LogP contribution is 2.17. The van der Waals surface area contributed by atoms with Gasteiger partial charge in [-0.2, -0.15) is 0 Å². The fourth-order valence-corrected chi connectivity index (χ4v) is 2.28. The van der Waals surface area contributed by atoms with Gasteiger partial charge in [-0.25, -0.2) is 4.79 Å². The van der Waals surface area contributed by atoms with Crippen LogP contribution in [0.5, 0.6) is 0 Å². The Kier molecular flexibility index (Phi) is 8.82. The standard InChI is InChI=1S/C21H33NO4/c1-15(16(2)13-25-14-18-10-8-7-9-11-18)12-19(23)17(3)22-20(24)26-21(4,5)6/h7-11,16-17,19,23H,1,12-14H2,2-6H3,(H,22,24)/t16-,17-,19-/m0/s1. The third kappa shape index (κ3) is 9.02. The second kappa shape index (κ2) is 10.3. The first-order valence-electron chi connectivity index (χ1n) is 9.05. The molecule has 5 nitrogen and oxygen atoms in total. The Morgan fingerprint density at radius 1 is 1.23 bits per heavy atom. The number of aliphatic hydroxyl groups excluding tert-OH is 1. The van der Waals surface area contributed by atoms with Crippen LogP contribution in [-0.2, 0) is 16.1 Å². The minimum atomic E-state index is -0.730. The second-order valence-electron chi connectivity index (χ2n) is 7.77. The molecule has 0 spiro atoms. The molecule has 3 atom stereocenters. The zero-order valence-corrected chi connectivity index (χ0v) is 16.6. The van der Waals surface area contributed by atoms with Gasteiger partial charge in [0.1, 0.15) is 5.60 Å². The van der Waals surface area contributed by atoms with Crippen molar-refractivity contribution in [2.24, 2.45) is 5.92 Å². The van der Waals surface area contributed by atoms with Crippen LogP contribution in [0, 0.1) is 5.92 Å². The number of benzene rings is 1. The Morgan fingerprint density at radius 3 is 2.42 bits per heavy atom. The molecule has 0 radical (unpaired) electrons. The molecule has 0 aliphatic heterocycles. The number of hydrogen-bond donors (Lipinski definition) is 2. The van der Waals surface area contributed by atoms with Crippen LogP contribution in [0.3, 0.4) is 0 Å². The average Bonchev–Trinajstić information content (AvgIpc) is 2.53. The second-order valence-corrected chi connectivity index (χ2v) is 7.77. The minimum Gasteiger partial charge on any atom is -0.444 e. The predicted molar refractivity (Wildman–Crippen MR) is 104 cm³/mol. The number of nitrogens with one attached hydrogen (secondary N) is 1. The first-order valence-corrected chi connectivity index (χ1v) is 9.05. The molecule has 0 unspecified atom stereocenters. The number of amides is 1. The van der Waals surface area contributed by atoms with Crippen molar-refractivity contribution in [1.82, 2.24) is 5.32 Å². The SMILES string of the molecule is C=C(C[C@H](O)[C@H](C)NC(=O)OC(C)(C)C)[C@@H](C)COCc1ccccc1. The van der Waals surface area contributed by atoms with Gasteiger partial charge in [0.25, 0.3) is 0 Å². The minimum absolute atomic E-state index is 0.113. The van der Waals surface area contributed by atoms with E-state index in [4.69, 9.17) is 9.47 Å². The number of rotatable bonds is 9. The van der Waals surface area contributed by atoms with E-state index < -0.39 is 23.8 Å². The molecule has 0 heterocycles. The van der Waals surface area contributed by atoms with Gasteiger partial charge in [-0.3, -0.25) is 0 Å². The lowest BCUT2D eigenvalue weighted by molar-refractivity contribution is 0.0431. The molecule has 1 amide bonds. The van der Waals surface area contributed by atoms with Gasteiger partial charge in [-0.15, -0.1) is 0 Å². The largest absolute Gasteiger partial charge is 0.444 e. The smallest absolute Gasteiger partial charge is 0.407 e. The summed E-state index contributed by atoms with van der Waals surface area (Å²) >= 11 is 0.